The first-order chi connectivity index (χ1) is 54.8. The molecule has 6 aliphatic heterocycles. The van der Waals surface area contributed by atoms with Crippen LogP contribution >= 0.6 is 39.1 Å². The Morgan fingerprint density at radius 3 is 0.897 bits per heavy atom. The van der Waals surface area contributed by atoms with Crippen molar-refractivity contribution in [1.29, 1.82) is 0 Å². The minimum absolute atomic E-state index is 0.0319. The molecule has 12 rings (SSSR count). The molecule has 0 bridgehead atoms. The predicted octanol–water partition coefficient (Wildman–Crippen LogP) is -4.61. The fraction of sp³-hybridized carbons (Fsp3) is 0.593. The molecule has 58 heteroatoms. The third kappa shape index (κ3) is 20.8. The summed E-state index contributed by atoms with van der Waals surface area (Å²) in [7, 11) is -28.0. The number of aliphatic hydroxyl groups is 3. The van der Waals surface area contributed by atoms with Crippen molar-refractivity contribution in [2.75, 3.05) is 39.6 Å². The molecule has 5 unspecified atom stereocenters. The molecule has 12 heterocycles. The number of aliphatic hydroxyl groups excluding tert-OH is 3. The van der Waals surface area contributed by atoms with Crippen LogP contribution in [0.25, 0.3) is 0 Å². The lowest BCUT2D eigenvalue weighted by Crippen LogP contribution is -2.38. The van der Waals surface area contributed by atoms with E-state index in [9.17, 15) is 120 Å². The summed E-state index contributed by atoms with van der Waals surface area (Å²) >= 11 is 0. The standard InChI is InChI=1S/C59H77N12O41P5/c1-24-13-67(55(82)61-48(24)76)41-8-29(73)35(102-41)19-97-113(87,88)108-30-9-42(68-14-25(2)49(77)62-56(68)83)103-36(30)20-98-114(89,90)109-31-10-43(69-15-26(3)50(78)63-57(69)84)104-37(31)21-99-115(91,92)110-32-11-44(70-16-27(4)51(79)64-58(70)85)105-38(32)22-100-116(93,94)111-33-12-45(71-17-28(5)52(80)65-59(71)86)106-39(33)23-101-117(95,96)112-47-34(18-72)107-53(46(47)75)66-7-6-40(74)60-54(66)81/h6-7,13-17,29-39,41-47,53,72-73,75H,8-12,18-23H2,1-5H3,(H,87,88)(H,89,90)(H,91,92)(H,93,94)(H,95,96)(H,60,74,81)(H,61,76,82)(H,62,77,83)(H,63,78,84)(H,64,79,85)(H,65,80,86)/t29-,30-,31-,32-,33-,34+,35+,36+,37+,38+,39+,41+,42+,43+,44+,45+,46+,47+,53+/m0/s1. The van der Waals surface area contributed by atoms with Gasteiger partial charge in [0.1, 0.15) is 104 Å². The molecule has 6 fully saturated rings. The molecule has 0 amide bonds. The van der Waals surface area contributed by atoms with Crippen molar-refractivity contribution in [3.63, 3.8) is 0 Å². The van der Waals surface area contributed by atoms with Gasteiger partial charge in [0.2, 0.25) is 0 Å². The normalized spacial score (nSPS) is 30.6. The van der Waals surface area contributed by atoms with Crippen LogP contribution in [0.4, 0.5) is 0 Å². The van der Waals surface area contributed by atoms with Gasteiger partial charge in [0.15, 0.2) is 6.23 Å². The largest absolute Gasteiger partial charge is 0.472 e. The first-order valence-corrected chi connectivity index (χ1v) is 42.4. The van der Waals surface area contributed by atoms with Gasteiger partial charge in [-0.1, -0.05) is 0 Å². The second kappa shape index (κ2) is 35.1. The molecule has 0 aliphatic carbocycles. The van der Waals surface area contributed by atoms with E-state index >= 15 is 0 Å². The first-order valence-electron chi connectivity index (χ1n) is 34.9. The first kappa shape index (κ1) is 88.6. The predicted molar refractivity (Wildman–Crippen MR) is 381 cm³/mol. The summed E-state index contributed by atoms with van der Waals surface area (Å²) in [5, 5.41) is 32.0. The Hall–Kier alpha value is -7.73. The number of nitrogens with zero attached hydrogens (tertiary/aromatic N) is 6. The molecule has 0 aromatic carbocycles. The van der Waals surface area contributed by atoms with Crippen LogP contribution in [0, 0.1) is 34.6 Å². The number of H-pyrrole nitrogens is 6. The zero-order chi connectivity index (χ0) is 85.0. The quantitative estimate of drug-likeness (QED) is 0.0177. The summed E-state index contributed by atoms with van der Waals surface area (Å²) in [6, 6.07) is 0.878. The van der Waals surface area contributed by atoms with E-state index in [1.165, 1.54) is 34.6 Å². The Kier molecular flexibility index (Phi) is 26.6. The Labute approximate surface area is 649 Å². The van der Waals surface area contributed by atoms with Crippen LogP contribution in [0.2, 0.25) is 0 Å². The number of ether oxygens (including phenoxy) is 6. The van der Waals surface area contributed by atoms with Crippen LogP contribution in [0.15, 0.2) is 101 Å². The van der Waals surface area contributed by atoms with Crippen molar-refractivity contribution in [2.24, 2.45) is 0 Å². The monoisotopic (exact) mass is 1760 g/mol. The Morgan fingerprint density at radius 1 is 0.359 bits per heavy atom. The van der Waals surface area contributed by atoms with Gasteiger partial charge in [0.25, 0.3) is 33.4 Å². The van der Waals surface area contributed by atoms with E-state index in [1.807, 2.05) is 19.9 Å². The molecule has 24 atom stereocenters. The highest BCUT2D eigenvalue weighted by Crippen LogP contribution is 2.56. The molecule has 6 saturated heterocycles. The lowest BCUT2D eigenvalue weighted by Gasteiger charge is -2.26. The van der Waals surface area contributed by atoms with Gasteiger partial charge in [-0.2, -0.15) is 0 Å². The zero-order valence-corrected chi connectivity index (χ0v) is 65.7. The maximum Gasteiger partial charge on any atom is 0.472 e. The lowest BCUT2D eigenvalue weighted by atomic mass is 10.1. The van der Waals surface area contributed by atoms with Gasteiger partial charge >= 0.3 is 73.3 Å². The van der Waals surface area contributed by atoms with Crippen molar-refractivity contribution in [2.45, 2.75) is 183 Å². The number of rotatable bonds is 32. The molecule has 53 nitrogen and oxygen atoms in total. The van der Waals surface area contributed by atoms with Crippen molar-refractivity contribution >= 4 is 39.1 Å². The van der Waals surface area contributed by atoms with Gasteiger partial charge in [-0.25, -0.2) is 51.6 Å². The highest BCUT2D eigenvalue weighted by atomic mass is 31.2. The number of phosphoric acid groups is 5. The van der Waals surface area contributed by atoms with Crippen molar-refractivity contribution < 1.29 is 136 Å². The Bertz CT molecular complexity index is 5770. The Morgan fingerprint density at radius 2 is 0.615 bits per heavy atom. The summed E-state index contributed by atoms with van der Waals surface area (Å²) in [6.07, 6.45) is -29.1. The van der Waals surface area contributed by atoms with E-state index in [0.29, 0.717) is 4.57 Å². The smallest absolute Gasteiger partial charge is 0.394 e. The van der Waals surface area contributed by atoms with Crippen LogP contribution in [0.1, 0.15) is 97.3 Å². The van der Waals surface area contributed by atoms with Crippen LogP contribution < -0.4 is 67.5 Å². The maximum absolute atomic E-state index is 14.3. The summed E-state index contributed by atoms with van der Waals surface area (Å²) in [4.78, 5) is 220. The number of phosphoric ester groups is 5. The van der Waals surface area contributed by atoms with E-state index in [4.69, 9.17) is 73.7 Å². The number of hydrogen-bond acceptors (Lipinski definition) is 36. The topological polar surface area (TPSA) is 724 Å². The Balaban J connectivity index is 0.741. The minimum Gasteiger partial charge on any atom is -0.394 e. The van der Waals surface area contributed by atoms with Gasteiger partial charge in [-0.15, -0.1) is 0 Å². The molecule has 14 N–H and O–H groups in total. The number of aromatic nitrogens is 12. The van der Waals surface area contributed by atoms with Crippen molar-refractivity contribution in [3.05, 3.63) is 196 Å². The van der Waals surface area contributed by atoms with Crippen LogP contribution in [0.3, 0.4) is 0 Å². The SMILES string of the molecule is Cc1cn([C@H]2C[C@H](OP(=O)(O)OC[C@H]3O[C@@H](n4cc(C)c(=O)[nH]c4=O)C[C@@H]3OP(=O)(O)OC[C@H]3O[C@@H](n4cc(C)c(=O)[nH]c4=O)C[C@@H]3OP(=O)(O)OC[C@H]3O[C@@H](n4cc(C)c(=O)[nH]c4=O)C[C@@H]3OP(=O)(O)OC[C@H]3O[C@@H](n4cc(C)c(=O)[nH]c4=O)C[C@@H]3O)[C@@H](COP(=O)(O)O[C@H]3[C@@H](O)[C@H](n4ccc(=O)[nH]c4=O)O[C@@H]3CO)O2)c(=O)[nH]c1=O. The lowest BCUT2D eigenvalue weighted by molar-refractivity contribution is -0.0658. The average molecular weight is 1770 g/mol. The molecular formula is C59H77N12O41P5. The summed E-state index contributed by atoms with van der Waals surface area (Å²) < 4.78 is 164. The van der Waals surface area contributed by atoms with Gasteiger partial charge in [-0.3, -0.25) is 131 Å². The average Bonchev–Trinajstić information content (AvgIpc) is 1.51. The maximum atomic E-state index is 14.3. The molecule has 0 saturated carbocycles. The molecular weight excluding hydrogens is 1690 g/mol. The molecule has 117 heavy (non-hydrogen) atoms. The second-order valence-electron chi connectivity index (χ2n) is 27.5. The minimum atomic E-state index is -5.73. The molecule has 6 aliphatic rings. The van der Waals surface area contributed by atoms with E-state index in [2.05, 4.69) is 9.97 Å². The highest BCUT2D eigenvalue weighted by molar-refractivity contribution is 7.48. The molecule has 0 spiro atoms. The number of aromatic amines is 6. The number of nitrogens with one attached hydrogen (secondary N) is 6. The molecule has 6 aromatic heterocycles. The molecule has 644 valence electrons. The van der Waals surface area contributed by atoms with Crippen molar-refractivity contribution in [1.82, 2.24) is 57.3 Å². The van der Waals surface area contributed by atoms with E-state index in [0.717, 1.165) is 66.1 Å². The fourth-order valence-electron chi connectivity index (χ4n) is 13.2. The fourth-order valence-corrected chi connectivity index (χ4v) is 18.1. The summed E-state index contributed by atoms with van der Waals surface area (Å²) in [6.45, 7) is -0.0877. The molecule has 0 radical (unpaired) electrons. The van der Waals surface area contributed by atoms with Gasteiger partial charge < -0.3 is 68.2 Å². The van der Waals surface area contributed by atoms with Crippen LogP contribution in [-0.2, 0) is 96.5 Å². The van der Waals surface area contributed by atoms with Gasteiger partial charge in [0.05, 0.1) is 45.7 Å². The van der Waals surface area contributed by atoms with Crippen molar-refractivity contribution in [3.8, 4) is 0 Å². The van der Waals surface area contributed by atoms with Gasteiger partial charge in [-0.05, 0) is 34.6 Å². The molecule has 6 aromatic rings. The summed E-state index contributed by atoms with van der Waals surface area (Å²) in [5.41, 5.74) is -11.4. The van der Waals surface area contributed by atoms with E-state index in [-0.39, 0.29) is 34.2 Å². The second-order valence-corrected chi connectivity index (χ2v) is 34.5. The highest BCUT2D eigenvalue weighted by Gasteiger charge is 2.53. The van der Waals surface area contributed by atoms with Gasteiger partial charge in [0, 0.05) is 103 Å². The van der Waals surface area contributed by atoms with Crippen LogP contribution in [0.5, 0.6) is 0 Å². The van der Waals surface area contributed by atoms with Crippen LogP contribution in [-0.4, -0.2) is 216 Å². The third-order valence-electron chi connectivity index (χ3n) is 19.2. The summed E-state index contributed by atoms with van der Waals surface area (Å²) in [5.74, 6) is 0. The van der Waals surface area contributed by atoms with E-state index < -0.39 is 289 Å². The zero-order valence-electron chi connectivity index (χ0n) is 61.3. The van der Waals surface area contributed by atoms with E-state index in [1.54, 1.807) is 0 Å². The third-order valence-corrected chi connectivity index (χ3v) is 24.2. The number of hydrogen-bond donors (Lipinski definition) is 14. The number of aryl methyl sites for hydroxylation is 5.